The molecule has 1 aliphatic heterocycles. The molecule has 0 unspecified atom stereocenters. The normalized spacial score (nSPS) is 18.7. The number of anilines is 1. The summed E-state index contributed by atoms with van der Waals surface area (Å²) < 4.78 is 14.9. The Balaban J connectivity index is 1.63. The SMILES string of the molecule is C[C@@H]1CC[C@@H](c2cc3cn[nH]c3cc2F)N(C(=O)C(=O)Nc2ncccc2C(N)=O)C1. The Morgan fingerprint density at radius 3 is 2.87 bits per heavy atom. The van der Waals surface area contributed by atoms with Gasteiger partial charge in [-0.05, 0) is 43.0 Å². The van der Waals surface area contributed by atoms with Crippen LogP contribution in [-0.2, 0) is 9.59 Å². The number of likely N-dealkylation sites (tertiary alicyclic amines) is 1. The van der Waals surface area contributed by atoms with Gasteiger partial charge in [0, 0.05) is 23.7 Å². The molecule has 2 aromatic heterocycles. The van der Waals surface area contributed by atoms with E-state index in [4.69, 9.17) is 5.73 Å². The van der Waals surface area contributed by atoms with E-state index in [0.29, 0.717) is 29.4 Å². The topological polar surface area (TPSA) is 134 Å². The van der Waals surface area contributed by atoms with E-state index in [1.165, 1.54) is 29.3 Å². The minimum absolute atomic E-state index is 0.0105. The number of benzene rings is 1. The Kier molecular flexibility index (Phi) is 5.37. The largest absolute Gasteiger partial charge is 0.365 e. The Labute approximate surface area is 176 Å². The number of nitrogens with one attached hydrogen (secondary N) is 2. The summed E-state index contributed by atoms with van der Waals surface area (Å²) in [5.74, 6) is -3.01. The van der Waals surface area contributed by atoms with Crippen molar-refractivity contribution in [3.8, 4) is 0 Å². The van der Waals surface area contributed by atoms with Crippen LogP contribution in [0, 0.1) is 11.7 Å². The van der Waals surface area contributed by atoms with Crippen molar-refractivity contribution in [2.75, 3.05) is 11.9 Å². The molecule has 9 nitrogen and oxygen atoms in total. The first-order chi connectivity index (χ1) is 14.8. The van der Waals surface area contributed by atoms with Gasteiger partial charge in [0.2, 0.25) is 0 Å². The van der Waals surface area contributed by atoms with Crippen molar-refractivity contribution in [3.05, 3.63) is 53.6 Å². The number of rotatable bonds is 3. The molecule has 1 aromatic carbocycles. The average molecular weight is 424 g/mol. The number of aromatic amines is 1. The molecule has 2 atom stereocenters. The van der Waals surface area contributed by atoms with Gasteiger partial charge in [-0.15, -0.1) is 0 Å². The third-order valence-electron chi connectivity index (χ3n) is 5.49. The molecule has 4 rings (SSSR count). The van der Waals surface area contributed by atoms with E-state index in [-0.39, 0.29) is 17.3 Å². The zero-order valence-corrected chi connectivity index (χ0v) is 16.8. The lowest BCUT2D eigenvalue weighted by Gasteiger charge is -2.38. The first-order valence-corrected chi connectivity index (χ1v) is 9.84. The van der Waals surface area contributed by atoms with Crippen LogP contribution in [0.2, 0.25) is 0 Å². The van der Waals surface area contributed by atoms with Crippen molar-refractivity contribution >= 4 is 34.4 Å². The molecular weight excluding hydrogens is 403 g/mol. The fourth-order valence-corrected chi connectivity index (χ4v) is 3.93. The van der Waals surface area contributed by atoms with Crippen LogP contribution >= 0.6 is 0 Å². The lowest BCUT2D eigenvalue weighted by atomic mass is 9.89. The van der Waals surface area contributed by atoms with Gasteiger partial charge in [0.25, 0.3) is 5.91 Å². The summed E-state index contributed by atoms with van der Waals surface area (Å²) in [5.41, 5.74) is 6.18. The van der Waals surface area contributed by atoms with Crippen molar-refractivity contribution in [3.63, 3.8) is 0 Å². The van der Waals surface area contributed by atoms with E-state index >= 15 is 0 Å². The Morgan fingerprint density at radius 2 is 2.10 bits per heavy atom. The number of carbonyl (C=O) groups excluding carboxylic acids is 3. The molecule has 1 saturated heterocycles. The van der Waals surface area contributed by atoms with Gasteiger partial charge >= 0.3 is 11.8 Å². The van der Waals surface area contributed by atoms with Crippen molar-refractivity contribution in [1.82, 2.24) is 20.1 Å². The van der Waals surface area contributed by atoms with Crippen LogP contribution in [0.15, 0.2) is 36.7 Å². The Morgan fingerprint density at radius 1 is 1.29 bits per heavy atom. The second kappa shape index (κ2) is 8.13. The lowest BCUT2D eigenvalue weighted by molar-refractivity contribution is -0.146. The smallest absolute Gasteiger partial charge is 0.315 e. The number of halogens is 1. The highest BCUT2D eigenvalue weighted by atomic mass is 19.1. The maximum absolute atomic E-state index is 14.9. The molecule has 0 spiro atoms. The number of carbonyl (C=O) groups is 3. The third kappa shape index (κ3) is 3.96. The summed E-state index contributed by atoms with van der Waals surface area (Å²) in [6, 6.07) is 5.28. The van der Waals surface area contributed by atoms with E-state index in [9.17, 15) is 18.8 Å². The molecule has 3 heterocycles. The van der Waals surface area contributed by atoms with Crippen LogP contribution in [0.3, 0.4) is 0 Å². The van der Waals surface area contributed by atoms with Crippen molar-refractivity contribution < 1.29 is 18.8 Å². The monoisotopic (exact) mass is 424 g/mol. The van der Waals surface area contributed by atoms with E-state index in [0.717, 1.165) is 6.42 Å². The van der Waals surface area contributed by atoms with Gasteiger partial charge in [-0.1, -0.05) is 6.92 Å². The highest BCUT2D eigenvalue weighted by Gasteiger charge is 2.36. The number of piperidine rings is 1. The minimum atomic E-state index is -0.968. The van der Waals surface area contributed by atoms with Crippen LogP contribution in [-0.4, -0.2) is 44.3 Å². The van der Waals surface area contributed by atoms with Crippen LogP contribution in [0.1, 0.15) is 41.7 Å². The number of pyridine rings is 1. The molecule has 3 amide bonds. The molecule has 160 valence electrons. The predicted molar refractivity (Wildman–Crippen MR) is 110 cm³/mol. The first-order valence-electron chi connectivity index (χ1n) is 9.84. The number of amides is 3. The molecule has 1 aliphatic rings. The first kappa shape index (κ1) is 20.5. The van der Waals surface area contributed by atoms with Gasteiger partial charge in [0.05, 0.1) is 23.3 Å². The number of aromatic nitrogens is 3. The van der Waals surface area contributed by atoms with E-state index in [2.05, 4.69) is 20.5 Å². The summed E-state index contributed by atoms with van der Waals surface area (Å²) in [6.07, 6.45) is 4.24. The van der Waals surface area contributed by atoms with Crippen LogP contribution in [0.5, 0.6) is 0 Å². The maximum Gasteiger partial charge on any atom is 0.315 e. The quantitative estimate of drug-likeness (QED) is 0.554. The summed E-state index contributed by atoms with van der Waals surface area (Å²) in [5, 5.41) is 9.70. The molecular formula is C21H21FN6O3. The van der Waals surface area contributed by atoms with Gasteiger partial charge in [0.15, 0.2) is 0 Å². The van der Waals surface area contributed by atoms with Gasteiger partial charge in [0.1, 0.15) is 11.6 Å². The third-order valence-corrected chi connectivity index (χ3v) is 5.49. The number of nitrogens with zero attached hydrogens (tertiary/aromatic N) is 3. The van der Waals surface area contributed by atoms with Gasteiger partial charge < -0.3 is 16.0 Å². The molecule has 4 N–H and O–H groups in total. The molecule has 0 saturated carbocycles. The fourth-order valence-electron chi connectivity index (χ4n) is 3.93. The highest BCUT2D eigenvalue weighted by molar-refractivity contribution is 6.39. The molecule has 0 bridgehead atoms. The zero-order chi connectivity index (χ0) is 22.1. The fraction of sp³-hybridized carbons (Fsp3) is 0.286. The summed E-state index contributed by atoms with van der Waals surface area (Å²) in [4.78, 5) is 42.7. The molecule has 1 fully saturated rings. The standard InChI is InChI=1S/C21H21FN6O3/c1-11-4-5-17(14-7-12-9-25-27-16(12)8-15(14)22)28(10-11)21(31)20(30)26-19-13(18(23)29)3-2-6-24-19/h2-3,6-9,11,17H,4-5,10H2,1H3,(H2,23,29)(H,25,27)(H,24,26,30)/t11-,17+/m1/s1. The molecule has 0 radical (unpaired) electrons. The number of H-pyrrole nitrogens is 1. The lowest BCUT2D eigenvalue weighted by Crippen LogP contribution is -2.47. The predicted octanol–water partition coefficient (Wildman–Crippen LogP) is 2.13. The Bertz CT molecular complexity index is 1180. The van der Waals surface area contributed by atoms with E-state index in [1.54, 1.807) is 12.3 Å². The second-order valence-corrected chi connectivity index (χ2v) is 7.70. The van der Waals surface area contributed by atoms with Crippen LogP contribution in [0.4, 0.5) is 10.2 Å². The summed E-state index contributed by atoms with van der Waals surface area (Å²) in [6.45, 7) is 2.26. The van der Waals surface area contributed by atoms with E-state index in [1.807, 2.05) is 6.92 Å². The van der Waals surface area contributed by atoms with Gasteiger partial charge in [-0.3, -0.25) is 19.5 Å². The van der Waals surface area contributed by atoms with Crippen LogP contribution < -0.4 is 11.1 Å². The van der Waals surface area contributed by atoms with Crippen molar-refractivity contribution in [2.45, 2.75) is 25.8 Å². The van der Waals surface area contributed by atoms with Crippen molar-refractivity contribution in [2.24, 2.45) is 11.7 Å². The number of nitrogens with two attached hydrogens (primary N) is 1. The molecule has 10 heteroatoms. The summed E-state index contributed by atoms with van der Waals surface area (Å²) >= 11 is 0. The molecule has 0 aliphatic carbocycles. The second-order valence-electron chi connectivity index (χ2n) is 7.70. The zero-order valence-electron chi connectivity index (χ0n) is 16.8. The summed E-state index contributed by atoms with van der Waals surface area (Å²) in [7, 11) is 0. The maximum atomic E-state index is 14.9. The average Bonchev–Trinajstić information content (AvgIpc) is 3.20. The van der Waals surface area contributed by atoms with E-state index < -0.39 is 29.6 Å². The van der Waals surface area contributed by atoms with Gasteiger partial charge in [-0.25, -0.2) is 9.37 Å². The molecule has 31 heavy (non-hydrogen) atoms. The van der Waals surface area contributed by atoms with Crippen molar-refractivity contribution in [1.29, 1.82) is 0 Å². The van der Waals surface area contributed by atoms with Gasteiger partial charge in [-0.2, -0.15) is 5.10 Å². The van der Waals surface area contributed by atoms with Crippen LogP contribution in [0.25, 0.3) is 10.9 Å². The highest BCUT2D eigenvalue weighted by Crippen LogP contribution is 2.36. The minimum Gasteiger partial charge on any atom is -0.365 e. The number of hydrogen-bond donors (Lipinski definition) is 3. The Hall–Kier alpha value is -3.82. The number of primary amides is 1. The number of fused-ring (bicyclic) bond motifs is 1. The molecule has 3 aromatic rings. The number of hydrogen-bond acceptors (Lipinski definition) is 5.